The number of ether oxygens (including phenoxy) is 3. The number of halogens is 1. The third-order valence-corrected chi connectivity index (χ3v) is 8.81. The van der Waals surface area contributed by atoms with E-state index < -0.39 is 6.04 Å². The molecule has 1 aliphatic heterocycles. The number of benzene rings is 4. The van der Waals surface area contributed by atoms with Gasteiger partial charge in [0, 0.05) is 16.3 Å². The van der Waals surface area contributed by atoms with Crippen LogP contribution >= 0.6 is 22.9 Å². The highest BCUT2D eigenvalue weighted by atomic mass is 35.5. The lowest BCUT2D eigenvalue weighted by Crippen LogP contribution is -2.40. The molecule has 0 unspecified atom stereocenters. The fourth-order valence-electron chi connectivity index (χ4n) is 5.45. The molecule has 2 heterocycles. The number of nitrogens with one attached hydrogen (secondary N) is 1. The second-order valence-corrected chi connectivity index (χ2v) is 12.1. The number of allylic oxidation sites excluding steroid dienone is 1. The molecule has 0 bridgehead atoms. The number of methoxy groups -OCH3 is 1. The summed E-state index contributed by atoms with van der Waals surface area (Å²) in [6.07, 6.45) is 1.78. The van der Waals surface area contributed by atoms with Crippen molar-refractivity contribution in [3.63, 3.8) is 0 Å². The lowest BCUT2D eigenvalue weighted by Gasteiger charge is -2.25. The Labute approximate surface area is 280 Å². The normalized spacial score (nSPS) is 14.3. The molecule has 47 heavy (non-hydrogen) atoms. The average Bonchev–Trinajstić information content (AvgIpc) is 3.38. The second kappa shape index (κ2) is 14.1. The number of amides is 1. The van der Waals surface area contributed by atoms with Crippen molar-refractivity contribution < 1.29 is 19.0 Å². The maximum Gasteiger partial charge on any atom is 0.271 e. The zero-order chi connectivity index (χ0) is 32.9. The molecule has 4 aromatic carbocycles. The number of anilines is 1. The molecule has 8 nitrogen and oxygen atoms in total. The first kappa shape index (κ1) is 31.8. The van der Waals surface area contributed by atoms with Gasteiger partial charge in [-0.3, -0.25) is 14.2 Å². The minimum absolute atomic E-state index is 0.250. The Bertz CT molecular complexity index is 2140. The van der Waals surface area contributed by atoms with Gasteiger partial charge in [0.25, 0.3) is 11.5 Å². The molecule has 1 aromatic heterocycles. The van der Waals surface area contributed by atoms with Gasteiger partial charge < -0.3 is 19.5 Å². The van der Waals surface area contributed by atoms with Crippen LogP contribution in [0.2, 0.25) is 5.02 Å². The summed E-state index contributed by atoms with van der Waals surface area (Å²) in [5.41, 5.74) is 3.56. The van der Waals surface area contributed by atoms with E-state index >= 15 is 0 Å². The van der Waals surface area contributed by atoms with Gasteiger partial charge in [-0.25, -0.2) is 4.99 Å². The molecule has 0 saturated carbocycles. The molecule has 1 amide bonds. The van der Waals surface area contributed by atoms with Crippen LogP contribution in [-0.4, -0.2) is 24.2 Å². The molecule has 1 aliphatic rings. The minimum atomic E-state index is -0.725. The van der Waals surface area contributed by atoms with Crippen LogP contribution in [0.25, 0.3) is 6.08 Å². The Kier molecular flexibility index (Phi) is 9.56. The van der Waals surface area contributed by atoms with Gasteiger partial charge in [0.15, 0.2) is 16.3 Å². The van der Waals surface area contributed by atoms with Crippen molar-refractivity contribution in [2.24, 2.45) is 4.99 Å². The van der Waals surface area contributed by atoms with Crippen LogP contribution in [0.4, 0.5) is 5.69 Å². The van der Waals surface area contributed by atoms with E-state index in [1.165, 1.54) is 11.3 Å². The second-order valence-electron chi connectivity index (χ2n) is 10.7. The third-order valence-electron chi connectivity index (χ3n) is 7.59. The molecule has 1 atom stereocenters. The average molecular weight is 666 g/mol. The van der Waals surface area contributed by atoms with Crippen molar-refractivity contribution in [3.05, 3.63) is 150 Å². The Morgan fingerprint density at radius 1 is 1.00 bits per heavy atom. The quantitative estimate of drug-likeness (QED) is 0.184. The molecule has 10 heteroatoms. The zero-order valence-electron chi connectivity index (χ0n) is 26.0. The first-order chi connectivity index (χ1) is 22.9. The molecule has 0 fully saturated rings. The lowest BCUT2D eigenvalue weighted by molar-refractivity contribution is -0.113. The molecule has 6 rings (SSSR count). The molecular weight excluding hydrogens is 634 g/mol. The summed E-state index contributed by atoms with van der Waals surface area (Å²) in [6.45, 7) is 4.48. The predicted octanol–water partition coefficient (Wildman–Crippen LogP) is 6.51. The van der Waals surface area contributed by atoms with Crippen LogP contribution in [0, 0.1) is 0 Å². The number of aromatic nitrogens is 1. The number of hydrogen-bond acceptors (Lipinski definition) is 7. The fourth-order valence-corrected chi connectivity index (χ4v) is 6.70. The molecule has 0 saturated heterocycles. The van der Waals surface area contributed by atoms with Crippen LogP contribution in [-0.2, 0) is 11.4 Å². The van der Waals surface area contributed by atoms with Crippen molar-refractivity contribution in [2.45, 2.75) is 26.5 Å². The smallest absolute Gasteiger partial charge is 0.271 e. The molecule has 0 aliphatic carbocycles. The van der Waals surface area contributed by atoms with Gasteiger partial charge in [-0.2, -0.15) is 0 Å². The maximum atomic E-state index is 14.3. The molecule has 238 valence electrons. The Morgan fingerprint density at radius 2 is 1.77 bits per heavy atom. The summed E-state index contributed by atoms with van der Waals surface area (Å²) in [5, 5.41) is 3.59. The summed E-state index contributed by atoms with van der Waals surface area (Å²) in [5.74, 6) is 1.37. The van der Waals surface area contributed by atoms with Gasteiger partial charge in [-0.05, 0) is 73.5 Å². The van der Waals surface area contributed by atoms with E-state index in [0.29, 0.717) is 60.7 Å². The molecule has 5 aromatic rings. The van der Waals surface area contributed by atoms with E-state index in [1.54, 1.807) is 36.8 Å². The van der Waals surface area contributed by atoms with Crippen LogP contribution in [0.3, 0.4) is 0 Å². The van der Waals surface area contributed by atoms with Crippen molar-refractivity contribution in [1.82, 2.24) is 4.57 Å². The summed E-state index contributed by atoms with van der Waals surface area (Å²) >= 11 is 7.43. The predicted molar refractivity (Wildman–Crippen MR) is 185 cm³/mol. The minimum Gasteiger partial charge on any atom is -0.494 e. The van der Waals surface area contributed by atoms with Crippen molar-refractivity contribution >= 4 is 40.6 Å². The first-order valence-corrected chi connectivity index (χ1v) is 16.2. The number of rotatable bonds is 10. The summed E-state index contributed by atoms with van der Waals surface area (Å²) in [7, 11) is 1.57. The van der Waals surface area contributed by atoms with Gasteiger partial charge in [-0.1, -0.05) is 77.5 Å². The molecule has 0 radical (unpaired) electrons. The molecular formula is C37H32ClN3O5S. The number of carbonyl (C=O) groups is 1. The van der Waals surface area contributed by atoms with Gasteiger partial charge in [0.1, 0.15) is 12.4 Å². The highest BCUT2D eigenvalue weighted by molar-refractivity contribution is 7.07. The van der Waals surface area contributed by atoms with Gasteiger partial charge >= 0.3 is 0 Å². The monoisotopic (exact) mass is 665 g/mol. The van der Waals surface area contributed by atoms with Crippen LogP contribution < -0.4 is 34.4 Å². The van der Waals surface area contributed by atoms with E-state index in [9.17, 15) is 9.59 Å². The number of hydrogen-bond donors (Lipinski definition) is 1. The van der Waals surface area contributed by atoms with E-state index in [2.05, 4.69) is 5.32 Å². The third kappa shape index (κ3) is 6.86. The molecule has 1 N–H and O–H groups in total. The Morgan fingerprint density at radius 3 is 2.49 bits per heavy atom. The summed E-state index contributed by atoms with van der Waals surface area (Å²) < 4.78 is 19.5. The SMILES string of the molecule is CCOc1ccc([C@H]2C(C(=O)Nc3ccccc3)=C(C)N=c3s/c(=C\c4cccc(OC)c4OCc4cccc(Cl)c4)c(=O)n32)cc1. The molecule has 0 spiro atoms. The fraction of sp³-hybridized carbons (Fsp3) is 0.162. The number of carbonyl (C=O) groups excluding carboxylic acids is 1. The lowest BCUT2D eigenvalue weighted by atomic mass is 9.95. The number of para-hydroxylation sites is 2. The standard InChI is InChI=1S/C37H32ClN3O5S/c1-4-45-29-18-16-25(17-19-29)33-32(35(42)40-28-13-6-5-7-14-28)23(2)39-37-41(33)36(43)31(47-37)21-26-11-9-15-30(44-3)34(26)46-22-24-10-8-12-27(38)20-24/h5-21,33H,4,22H2,1-3H3,(H,40,42)/b31-21-/t33-/m0/s1. The van der Waals surface area contributed by atoms with Crippen LogP contribution in [0.15, 0.2) is 118 Å². The highest BCUT2D eigenvalue weighted by Crippen LogP contribution is 2.34. The van der Waals surface area contributed by atoms with Crippen molar-refractivity contribution in [1.29, 1.82) is 0 Å². The van der Waals surface area contributed by atoms with E-state index in [4.69, 9.17) is 30.8 Å². The van der Waals surface area contributed by atoms with E-state index in [0.717, 1.165) is 11.1 Å². The van der Waals surface area contributed by atoms with Gasteiger partial charge in [0.2, 0.25) is 0 Å². The Hall–Kier alpha value is -5.12. The maximum absolute atomic E-state index is 14.3. The van der Waals surface area contributed by atoms with Gasteiger partial charge in [-0.15, -0.1) is 0 Å². The highest BCUT2D eigenvalue weighted by Gasteiger charge is 2.32. The first-order valence-electron chi connectivity index (χ1n) is 15.0. The summed E-state index contributed by atoms with van der Waals surface area (Å²) in [6, 6.07) is 28.9. The van der Waals surface area contributed by atoms with Crippen LogP contribution in [0.1, 0.15) is 36.6 Å². The number of thiazole rings is 1. The van der Waals surface area contributed by atoms with E-state index in [1.807, 2.05) is 91.9 Å². The summed E-state index contributed by atoms with van der Waals surface area (Å²) in [4.78, 5) is 33.4. The van der Waals surface area contributed by atoms with E-state index in [-0.39, 0.29) is 18.1 Å². The van der Waals surface area contributed by atoms with Crippen molar-refractivity contribution in [3.8, 4) is 17.2 Å². The van der Waals surface area contributed by atoms with Crippen molar-refractivity contribution in [2.75, 3.05) is 19.0 Å². The number of fused-ring (bicyclic) bond motifs is 1. The van der Waals surface area contributed by atoms with Crippen LogP contribution in [0.5, 0.6) is 17.2 Å². The topological polar surface area (TPSA) is 91.2 Å². The zero-order valence-corrected chi connectivity index (χ0v) is 27.6. The Balaban J connectivity index is 1.45. The largest absolute Gasteiger partial charge is 0.494 e. The van der Waals surface area contributed by atoms with Gasteiger partial charge in [0.05, 0.1) is 35.6 Å². The number of nitrogens with zero attached hydrogens (tertiary/aromatic N) is 2.